The minimum atomic E-state index is 0.805. The van der Waals surface area contributed by atoms with Crippen molar-refractivity contribution in [1.82, 2.24) is 4.90 Å². The van der Waals surface area contributed by atoms with Crippen molar-refractivity contribution in [2.24, 2.45) is 0 Å². The molecule has 20 heavy (non-hydrogen) atoms. The molecule has 3 rings (SSSR count). The van der Waals surface area contributed by atoms with E-state index in [4.69, 9.17) is 4.74 Å². The van der Waals surface area contributed by atoms with E-state index in [-0.39, 0.29) is 0 Å². The molecule has 0 N–H and O–H groups in total. The summed E-state index contributed by atoms with van der Waals surface area (Å²) >= 11 is 0. The van der Waals surface area contributed by atoms with Gasteiger partial charge in [0.25, 0.3) is 0 Å². The molecule has 0 radical (unpaired) electrons. The highest BCUT2D eigenvalue weighted by Gasteiger charge is 2.15. The first-order valence-electron chi connectivity index (χ1n) is 7.08. The highest BCUT2D eigenvalue weighted by molar-refractivity contribution is 5.80. The number of benzene rings is 2. The molecule has 0 aromatic heterocycles. The predicted octanol–water partition coefficient (Wildman–Crippen LogP) is 3.52. The molecule has 2 aromatic rings. The van der Waals surface area contributed by atoms with Crippen LogP contribution in [0.3, 0.4) is 0 Å². The second kappa shape index (κ2) is 6.40. The van der Waals surface area contributed by atoms with Gasteiger partial charge < -0.3 is 9.64 Å². The molecule has 0 amide bonds. The van der Waals surface area contributed by atoms with Gasteiger partial charge in [0.15, 0.2) is 0 Å². The topological polar surface area (TPSA) is 12.5 Å². The van der Waals surface area contributed by atoms with Gasteiger partial charge in [0, 0.05) is 18.8 Å². The Morgan fingerprint density at radius 3 is 2.10 bits per heavy atom. The Hall–Kier alpha value is -2.06. The summed E-state index contributed by atoms with van der Waals surface area (Å²) in [6, 6.07) is 21.1. The van der Waals surface area contributed by atoms with Crippen LogP contribution in [0.4, 0.5) is 0 Å². The number of hydrogen-bond acceptors (Lipinski definition) is 2. The summed E-state index contributed by atoms with van der Waals surface area (Å²) in [6.45, 7) is 3.51. The highest BCUT2D eigenvalue weighted by atomic mass is 16.5. The van der Waals surface area contributed by atoms with Crippen LogP contribution >= 0.6 is 0 Å². The molecule has 102 valence electrons. The Morgan fingerprint density at radius 1 is 0.850 bits per heavy atom. The third-order valence-electron chi connectivity index (χ3n) is 3.52. The van der Waals surface area contributed by atoms with E-state index >= 15 is 0 Å². The number of rotatable bonds is 3. The molecule has 1 aliphatic heterocycles. The molecule has 0 atom stereocenters. The van der Waals surface area contributed by atoms with E-state index in [0.717, 1.165) is 26.3 Å². The maximum Gasteiger partial charge on any atom is 0.0642 e. The molecular weight excluding hydrogens is 246 g/mol. The van der Waals surface area contributed by atoms with Gasteiger partial charge >= 0.3 is 0 Å². The molecule has 0 unspecified atom stereocenters. The lowest BCUT2D eigenvalue weighted by molar-refractivity contribution is 0.0642. The van der Waals surface area contributed by atoms with Crippen molar-refractivity contribution in [2.75, 3.05) is 26.3 Å². The van der Waals surface area contributed by atoms with E-state index in [2.05, 4.69) is 65.6 Å². The molecule has 1 aliphatic rings. The van der Waals surface area contributed by atoms with Gasteiger partial charge in [-0.3, -0.25) is 0 Å². The van der Waals surface area contributed by atoms with Crippen molar-refractivity contribution in [3.05, 3.63) is 71.8 Å². The molecule has 2 heteroatoms. The smallest absolute Gasteiger partial charge is 0.0642 e. The van der Waals surface area contributed by atoms with Crippen molar-refractivity contribution in [3.8, 4) is 0 Å². The lowest BCUT2D eigenvalue weighted by Gasteiger charge is -2.31. The van der Waals surface area contributed by atoms with Crippen molar-refractivity contribution in [1.29, 1.82) is 0 Å². The van der Waals surface area contributed by atoms with Crippen molar-refractivity contribution in [3.63, 3.8) is 0 Å². The van der Waals surface area contributed by atoms with E-state index in [1.54, 1.807) is 0 Å². The van der Waals surface area contributed by atoms with E-state index in [9.17, 15) is 0 Å². The van der Waals surface area contributed by atoms with E-state index in [1.807, 2.05) is 6.07 Å². The Kier molecular flexibility index (Phi) is 4.14. The molecule has 2 nitrogen and oxygen atoms in total. The third-order valence-corrected chi connectivity index (χ3v) is 3.52. The van der Waals surface area contributed by atoms with Gasteiger partial charge in [-0.15, -0.1) is 0 Å². The van der Waals surface area contributed by atoms with Gasteiger partial charge in [-0.05, 0) is 17.2 Å². The number of nitrogens with zero attached hydrogens (tertiary/aromatic N) is 1. The lowest BCUT2D eigenvalue weighted by atomic mass is 10.1. The molecule has 1 fully saturated rings. The quantitative estimate of drug-likeness (QED) is 0.787. The van der Waals surface area contributed by atoms with E-state index < -0.39 is 0 Å². The second-order valence-corrected chi connectivity index (χ2v) is 4.91. The first kappa shape index (κ1) is 12.9. The summed E-state index contributed by atoms with van der Waals surface area (Å²) in [4.78, 5) is 2.41. The lowest BCUT2D eigenvalue weighted by Crippen LogP contribution is -2.34. The largest absolute Gasteiger partial charge is 0.378 e. The van der Waals surface area contributed by atoms with E-state index in [0.29, 0.717) is 0 Å². The van der Waals surface area contributed by atoms with Crippen LogP contribution in [0.15, 0.2) is 60.7 Å². The normalized spacial score (nSPS) is 16.2. The van der Waals surface area contributed by atoms with Crippen LogP contribution in [-0.4, -0.2) is 31.2 Å². The predicted molar refractivity (Wildman–Crippen MR) is 83.1 cm³/mol. The number of ether oxygens (including phenoxy) is 1. The molecular formula is C18H19NO. The molecule has 0 spiro atoms. The maximum absolute atomic E-state index is 5.47. The number of hydrogen-bond donors (Lipinski definition) is 0. The van der Waals surface area contributed by atoms with Gasteiger partial charge in [-0.2, -0.15) is 0 Å². The average molecular weight is 265 g/mol. The van der Waals surface area contributed by atoms with Crippen LogP contribution in [0, 0.1) is 0 Å². The summed E-state index contributed by atoms with van der Waals surface area (Å²) in [5, 5.41) is 0. The standard InChI is InChI=1S/C18H19NO/c1-3-7-16(8-4-1)15-18(17-9-5-2-6-10-17)19-11-13-20-14-12-19/h1-10,15H,11-14H2. The van der Waals surface area contributed by atoms with Crippen molar-refractivity contribution >= 4 is 11.8 Å². The minimum Gasteiger partial charge on any atom is -0.378 e. The number of morpholine rings is 1. The first-order valence-corrected chi connectivity index (χ1v) is 7.08. The summed E-state index contributed by atoms with van der Waals surface area (Å²) < 4.78 is 5.47. The summed E-state index contributed by atoms with van der Waals surface area (Å²) in [5.41, 5.74) is 3.77. The third kappa shape index (κ3) is 3.09. The average Bonchev–Trinajstić information content (AvgIpc) is 2.55. The van der Waals surface area contributed by atoms with Gasteiger partial charge in [0.05, 0.1) is 13.2 Å². The Labute approximate surface area is 120 Å². The van der Waals surface area contributed by atoms with Crippen LogP contribution in [0.1, 0.15) is 11.1 Å². The second-order valence-electron chi connectivity index (χ2n) is 4.91. The van der Waals surface area contributed by atoms with Crippen LogP contribution in [0.25, 0.3) is 11.8 Å². The molecule has 1 heterocycles. The zero-order valence-electron chi connectivity index (χ0n) is 11.5. The zero-order chi connectivity index (χ0) is 13.6. The highest BCUT2D eigenvalue weighted by Crippen LogP contribution is 2.23. The van der Waals surface area contributed by atoms with Crippen LogP contribution in [0.2, 0.25) is 0 Å². The van der Waals surface area contributed by atoms with Gasteiger partial charge in [-0.25, -0.2) is 0 Å². The Bertz CT molecular complexity index is 556. The zero-order valence-corrected chi connectivity index (χ0v) is 11.5. The van der Waals surface area contributed by atoms with Crippen LogP contribution in [-0.2, 0) is 4.74 Å². The van der Waals surface area contributed by atoms with Crippen LogP contribution in [0.5, 0.6) is 0 Å². The molecule has 0 saturated carbocycles. The summed E-state index contributed by atoms with van der Waals surface area (Å²) in [6.07, 6.45) is 2.26. The fraction of sp³-hybridized carbons (Fsp3) is 0.222. The molecule has 0 bridgehead atoms. The molecule has 2 aromatic carbocycles. The summed E-state index contributed by atoms with van der Waals surface area (Å²) in [5.74, 6) is 0. The van der Waals surface area contributed by atoms with Gasteiger partial charge in [-0.1, -0.05) is 60.7 Å². The SMILES string of the molecule is C(=C(c1ccccc1)N1CCOCC1)c1ccccc1. The fourth-order valence-corrected chi connectivity index (χ4v) is 2.48. The van der Waals surface area contributed by atoms with Crippen LogP contribution < -0.4 is 0 Å². The van der Waals surface area contributed by atoms with Crippen molar-refractivity contribution in [2.45, 2.75) is 0 Å². The minimum absolute atomic E-state index is 0.805. The summed E-state index contributed by atoms with van der Waals surface area (Å²) in [7, 11) is 0. The molecule has 0 aliphatic carbocycles. The van der Waals surface area contributed by atoms with Crippen molar-refractivity contribution < 1.29 is 4.74 Å². The fourth-order valence-electron chi connectivity index (χ4n) is 2.48. The van der Waals surface area contributed by atoms with Gasteiger partial charge in [0.1, 0.15) is 0 Å². The first-order chi connectivity index (χ1) is 9.93. The monoisotopic (exact) mass is 265 g/mol. The molecule has 1 saturated heterocycles. The van der Waals surface area contributed by atoms with E-state index in [1.165, 1.54) is 16.8 Å². The Balaban J connectivity index is 1.97. The maximum atomic E-state index is 5.47. The Morgan fingerprint density at radius 2 is 1.45 bits per heavy atom. The van der Waals surface area contributed by atoms with Gasteiger partial charge in [0.2, 0.25) is 0 Å².